The Bertz CT molecular complexity index is 364. The summed E-state index contributed by atoms with van der Waals surface area (Å²) in [6, 6.07) is -0.437. The normalized spacial score (nSPS) is 29.4. The van der Waals surface area contributed by atoms with E-state index in [4.69, 9.17) is 0 Å². The number of aliphatic carboxylic acids is 1. The van der Waals surface area contributed by atoms with Gasteiger partial charge in [0.2, 0.25) is 0 Å². The molecule has 0 radical (unpaired) electrons. The van der Waals surface area contributed by atoms with Crippen LogP contribution in [0.2, 0.25) is 0 Å². The molecule has 0 aromatic carbocycles. The molecule has 0 aromatic heterocycles. The molecule has 0 aliphatic heterocycles. The number of carboxylic acid groups (broad SMARTS) is 1. The predicted octanol–water partition coefficient (Wildman–Crippen LogP) is 2.65. The highest BCUT2D eigenvalue weighted by atomic mass is 16.4. The first kappa shape index (κ1) is 15.1. The van der Waals surface area contributed by atoms with Crippen LogP contribution in [0.1, 0.15) is 64.7 Å². The average molecular weight is 282 g/mol. The number of rotatable bonds is 3. The molecule has 2 aliphatic rings. The summed E-state index contributed by atoms with van der Waals surface area (Å²) in [4.78, 5) is 23.5. The van der Waals surface area contributed by atoms with Gasteiger partial charge in [-0.1, -0.05) is 32.1 Å². The molecule has 3 N–H and O–H groups in total. The van der Waals surface area contributed by atoms with E-state index in [0.717, 1.165) is 51.4 Å². The molecular weight excluding hydrogens is 256 g/mol. The fourth-order valence-corrected chi connectivity index (χ4v) is 3.53. The molecule has 2 fully saturated rings. The number of urea groups is 1. The Kier molecular flexibility index (Phi) is 4.89. The maximum atomic E-state index is 12.1. The summed E-state index contributed by atoms with van der Waals surface area (Å²) in [5.74, 6) is -1.23. The molecule has 5 nitrogen and oxygen atoms in total. The van der Waals surface area contributed by atoms with E-state index in [1.165, 1.54) is 0 Å². The van der Waals surface area contributed by atoms with Gasteiger partial charge in [-0.3, -0.25) is 4.79 Å². The molecule has 0 bridgehead atoms. The molecule has 0 spiro atoms. The smallest absolute Gasteiger partial charge is 0.315 e. The van der Waals surface area contributed by atoms with E-state index in [1.807, 2.05) is 0 Å². The van der Waals surface area contributed by atoms with Crippen molar-refractivity contribution < 1.29 is 14.7 Å². The van der Waals surface area contributed by atoms with Crippen LogP contribution in [0.25, 0.3) is 0 Å². The molecule has 0 heterocycles. The van der Waals surface area contributed by atoms with Crippen LogP contribution in [-0.2, 0) is 4.79 Å². The average Bonchev–Trinajstić information content (AvgIpc) is 2.65. The van der Waals surface area contributed by atoms with Crippen LogP contribution < -0.4 is 10.6 Å². The first-order valence-corrected chi connectivity index (χ1v) is 7.82. The quantitative estimate of drug-likeness (QED) is 0.696. The zero-order valence-corrected chi connectivity index (χ0v) is 12.3. The van der Waals surface area contributed by atoms with Crippen molar-refractivity contribution in [2.75, 3.05) is 0 Å². The summed E-state index contributed by atoms with van der Waals surface area (Å²) in [5, 5.41) is 15.3. The summed E-state index contributed by atoms with van der Waals surface area (Å²) in [6.07, 6.45) is 8.73. The van der Waals surface area contributed by atoms with Gasteiger partial charge < -0.3 is 15.7 Å². The van der Waals surface area contributed by atoms with Crippen molar-refractivity contribution >= 4 is 12.0 Å². The van der Waals surface area contributed by atoms with Gasteiger partial charge in [-0.15, -0.1) is 0 Å². The first-order chi connectivity index (χ1) is 9.50. The van der Waals surface area contributed by atoms with Gasteiger partial charge in [-0.2, -0.15) is 0 Å². The van der Waals surface area contributed by atoms with E-state index in [2.05, 4.69) is 17.6 Å². The van der Waals surface area contributed by atoms with E-state index in [0.29, 0.717) is 6.42 Å². The highest BCUT2D eigenvalue weighted by Gasteiger charge is 2.34. The Morgan fingerprint density at radius 3 is 2.35 bits per heavy atom. The topological polar surface area (TPSA) is 78.4 Å². The lowest BCUT2D eigenvalue weighted by Crippen LogP contribution is -2.53. The van der Waals surface area contributed by atoms with Crippen LogP contribution in [0.4, 0.5) is 4.79 Å². The van der Waals surface area contributed by atoms with Gasteiger partial charge in [-0.05, 0) is 32.6 Å². The van der Waals surface area contributed by atoms with Crippen molar-refractivity contribution in [1.29, 1.82) is 0 Å². The summed E-state index contributed by atoms with van der Waals surface area (Å²) in [7, 11) is 0. The Labute approximate surface area is 120 Å². The fraction of sp³-hybridized carbons (Fsp3) is 0.867. The third-order valence-corrected chi connectivity index (χ3v) is 4.77. The van der Waals surface area contributed by atoms with Crippen LogP contribution in [0.15, 0.2) is 0 Å². The molecule has 2 rings (SSSR count). The summed E-state index contributed by atoms with van der Waals surface area (Å²) < 4.78 is 0. The van der Waals surface area contributed by atoms with Gasteiger partial charge in [0.25, 0.3) is 0 Å². The molecule has 2 aliphatic carbocycles. The minimum Gasteiger partial charge on any atom is -0.481 e. The molecule has 20 heavy (non-hydrogen) atoms. The van der Waals surface area contributed by atoms with E-state index in [9.17, 15) is 14.7 Å². The standard InChI is InChI=1S/C15H26N2O3/c1-15(9-5-6-10-15)17-14(20)16-12-8-4-2-3-7-11(12)13(18)19/h11-12H,2-10H2,1H3,(H,18,19)(H2,16,17,20). The zero-order valence-electron chi connectivity index (χ0n) is 12.3. The monoisotopic (exact) mass is 282 g/mol. The minimum absolute atomic E-state index is 0.118. The van der Waals surface area contributed by atoms with E-state index >= 15 is 0 Å². The number of hydrogen-bond donors (Lipinski definition) is 3. The van der Waals surface area contributed by atoms with Crippen LogP contribution >= 0.6 is 0 Å². The molecular formula is C15H26N2O3. The lowest BCUT2D eigenvalue weighted by Gasteiger charge is -2.29. The van der Waals surface area contributed by atoms with Gasteiger partial charge in [0.15, 0.2) is 0 Å². The van der Waals surface area contributed by atoms with Crippen molar-refractivity contribution in [2.24, 2.45) is 5.92 Å². The van der Waals surface area contributed by atoms with Gasteiger partial charge in [0.05, 0.1) is 5.92 Å². The van der Waals surface area contributed by atoms with Gasteiger partial charge in [-0.25, -0.2) is 4.79 Å². The fourth-order valence-electron chi connectivity index (χ4n) is 3.53. The third-order valence-electron chi connectivity index (χ3n) is 4.77. The van der Waals surface area contributed by atoms with E-state index < -0.39 is 11.9 Å². The largest absolute Gasteiger partial charge is 0.481 e. The molecule has 5 heteroatoms. The molecule has 2 unspecified atom stereocenters. The number of hydrogen-bond acceptors (Lipinski definition) is 2. The summed E-state index contributed by atoms with van der Waals surface area (Å²) >= 11 is 0. The second-order valence-electron chi connectivity index (χ2n) is 6.56. The maximum Gasteiger partial charge on any atom is 0.315 e. The lowest BCUT2D eigenvalue weighted by atomic mass is 9.95. The Morgan fingerprint density at radius 1 is 1.05 bits per heavy atom. The highest BCUT2D eigenvalue weighted by Crippen LogP contribution is 2.29. The van der Waals surface area contributed by atoms with Crippen molar-refractivity contribution in [3.8, 4) is 0 Å². The van der Waals surface area contributed by atoms with E-state index in [1.54, 1.807) is 0 Å². The van der Waals surface area contributed by atoms with Crippen LogP contribution in [0.5, 0.6) is 0 Å². The second-order valence-corrected chi connectivity index (χ2v) is 6.56. The molecule has 2 saturated carbocycles. The van der Waals surface area contributed by atoms with Crippen molar-refractivity contribution in [3.63, 3.8) is 0 Å². The predicted molar refractivity (Wildman–Crippen MR) is 76.5 cm³/mol. The molecule has 0 saturated heterocycles. The highest BCUT2D eigenvalue weighted by molar-refractivity contribution is 5.77. The maximum absolute atomic E-state index is 12.1. The van der Waals surface area contributed by atoms with Gasteiger partial charge in [0.1, 0.15) is 0 Å². The zero-order chi connectivity index (χ0) is 14.6. The second kappa shape index (κ2) is 6.46. The number of amides is 2. The molecule has 114 valence electrons. The van der Waals surface area contributed by atoms with Gasteiger partial charge >= 0.3 is 12.0 Å². The number of carboxylic acids is 1. The Morgan fingerprint density at radius 2 is 1.70 bits per heavy atom. The molecule has 2 amide bonds. The number of carbonyl (C=O) groups excluding carboxylic acids is 1. The van der Waals surface area contributed by atoms with E-state index in [-0.39, 0.29) is 17.6 Å². The van der Waals surface area contributed by atoms with Gasteiger partial charge in [0, 0.05) is 11.6 Å². The summed E-state index contributed by atoms with van der Waals surface area (Å²) in [5.41, 5.74) is -0.118. The SMILES string of the molecule is CC1(NC(=O)NC2CCCCCC2C(=O)O)CCCC1. The number of nitrogens with one attached hydrogen (secondary N) is 2. The van der Waals surface area contributed by atoms with Crippen LogP contribution in [0.3, 0.4) is 0 Å². The minimum atomic E-state index is -0.788. The Hall–Kier alpha value is -1.26. The lowest BCUT2D eigenvalue weighted by molar-refractivity contribution is -0.142. The van der Waals surface area contributed by atoms with Crippen LogP contribution in [0, 0.1) is 5.92 Å². The molecule has 0 aromatic rings. The summed E-state index contributed by atoms with van der Waals surface area (Å²) in [6.45, 7) is 2.07. The van der Waals surface area contributed by atoms with Crippen LogP contribution in [-0.4, -0.2) is 28.7 Å². The van der Waals surface area contributed by atoms with Crippen molar-refractivity contribution in [1.82, 2.24) is 10.6 Å². The van der Waals surface area contributed by atoms with Crippen molar-refractivity contribution in [2.45, 2.75) is 76.3 Å². The third kappa shape index (κ3) is 3.87. The molecule has 2 atom stereocenters. The van der Waals surface area contributed by atoms with Crippen molar-refractivity contribution in [3.05, 3.63) is 0 Å². The Balaban J connectivity index is 1.91. The first-order valence-electron chi connectivity index (χ1n) is 7.82. The number of carbonyl (C=O) groups is 2.